The highest BCUT2D eigenvalue weighted by atomic mass is 32.2. The zero-order chi connectivity index (χ0) is 30.3. The number of hydrogen-bond donors (Lipinski definition) is 1. The maximum atomic E-state index is 14.3. The van der Waals surface area contributed by atoms with Gasteiger partial charge >= 0.3 is 6.18 Å². The zero-order valence-electron chi connectivity index (χ0n) is 21.8. The molecule has 13 heteroatoms. The summed E-state index contributed by atoms with van der Waals surface area (Å²) in [5.41, 5.74) is 4.72. The van der Waals surface area contributed by atoms with Crippen LogP contribution < -0.4 is 5.73 Å². The van der Waals surface area contributed by atoms with E-state index < -0.39 is 56.0 Å². The van der Waals surface area contributed by atoms with Crippen LogP contribution >= 0.6 is 0 Å². The van der Waals surface area contributed by atoms with E-state index in [1.54, 1.807) is 18.2 Å². The molecule has 0 radical (unpaired) electrons. The molecule has 1 aromatic heterocycles. The van der Waals surface area contributed by atoms with Crippen molar-refractivity contribution in [1.82, 2.24) is 9.29 Å². The van der Waals surface area contributed by atoms with Crippen molar-refractivity contribution >= 4 is 27.2 Å². The molecule has 42 heavy (non-hydrogen) atoms. The SMILES string of the molecule is NC=C1C[C@]2(C(=O)c3ccccn3)CN(S(=O)(=O)c3ccc(C(F)(F)F)c(F)c3)CCC2=CC1=Nc1ccc(F)cc1. The summed E-state index contributed by atoms with van der Waals surface area (Å²) < 4.78 is 95.2. The van der Waals surface area contributed by atoms with E-state index in [2.05, 4.69) is 9.98 Å². The topological polar surface area (TPSA) is 106 Å². The first kappa shape index (κ1) is 29.3. The van der Waals surface area contributed by atoms with Gasteiger partial charge in [0.05, 0.1) is 27.3 Å². The van der Waals surface area contributed by atoms with Crippen LogP contribution in [0.1, 0.15) is 28.9 Å². The van der Waals surface area contributed by atoms with Gasteiger partial charge in [0.1, 0.15) is 17.3 Å². The average Bonchev–Trinajstić information content (AvgIpc) is 2.97. The number of carbonyl (C=O) groups excluding carboxylic acids is 1. The molecule has 2 N–H and O–H groups in total. The Morgan fingerprint density at radius 1 is 1.07 bits per heavy atom. The molecule has 1 aliphatic carbocycles. The van der Waals surface area contributed by atoms with Gasteiger partial charge in [-0.1, -0.05) is 11.6 Å². The fraction of sp³-hybridized carbons (Fsp3) is 0.207. The van der Waals surface area contributed by atoms with Crippen LogP contribution in [0.2, 0.25) is 0 Å². The lowest BCUT2D eigenvalue weighted by Crippen LogP contribution is -2.53. The Hall–Kier alpha value is -4.23. The molecule has 1 saturated heterocycles. The quantitative estimate of drug-likeness (QED) is 0.303. The number of fused-ring (bicyclic) bond motifs is 1. The molecule has 2 aromatic carbocycles. The Kier molecular flexibility index (Phi) is 7.58. The molecule has 5 rings (SSSR count). The van der Waals surface area contributed by atoms with E-state index in [1.165, 1.54) is 42.7 Å². The summed E-state index contributed by atoms with van der Waals surface area (Å²) in [6.45, 7) is -0.542. The van der Waals surface area contributed by atoms with Crippen molar-refractivity contribution in [2.45, 2.75) is 23.9 Å². The molecule has 1 atom stereocenters. The molecule has 1 aliphatic heterocycles. The Morgan fingerprint density at radius 3 is 2.43 bits per heavy atom. The molecule has 0 unspecified atom stereocenters. The minimum Gasteiger partial charge on any atom is -0.404 e. The van der Waals surface area contributed by atoms with E-state index in [4.69, 9.17) is 5.73 Å². The number of sulfonamides is 1. The number of allylic oxidation sites excluding steroid dienone is 2. The molecule has 0 spiro atoms. The van der Waals surface area contributed by atoms with E-state index >= 15 is 0 Å². The monoisotopic (exact) mass is 602 g/mol. The maximum absolute atomic E-state index is 14.3. The number of nitrogens with zero attached hydrogens (tertiary/aromatic N) is 3. The van der Waals surface area contributed by atoms with Gasteiger partial charge in [-0.2, -0.15) is 17.5 Å². The number of Topliss-reactive ketones (excluding diaryl/α,β-unsaturated/α-hetero) is 1. The predicted molar refractivity (Wildman–Crippen MR) is 144 cm³/mol. The fourth-order valence-electron chi connectivity index (χ4n) is 5.20. The summed E-state index contributed by atoms with van der Waals surface area (Å²) in [6, 6.07) is 11.5. The highest BCUT2D eigenvalue weighted by Gasteiger charge is 2.51. The van der Waals surface area contributed by atoms with Crippen LogP contribution in [0.15, 0.2) is 100 Å². The number of aromatic nitrogens is 1. The average molecular weight is 603 g/mol. The summed E-state index contributed by atoms with van der Waals surface area (Å²) in [6.07, 6.45) is -0.703. The van der Waals surface area contributed by atoms with Gasteiger partial charge in [-0.05, 0) is 85.3 Å². The van der Waals surface area contributed by atoms with Gasteiger partial charge in [0.2, 0.25) is 10.0 Å². The second kappa shape index (κ2) is 10.9. The van der Waals surface area contributed by atoms with Gasteiger partial charge in [0, 0.05) is 19.3 Å². The predicted octanol–water partition coefficient (Wildman–Crippen LogP) is 5.59. The molecule has 2 heterocycles. The number of nitrogens with two attached hydrogens (primary N) is 1. The Labute approximate surface area is 237 Å². The molecule has 0 saturated carbocycles. The van der Waals surface area contributed by atoms with Crippen molar-refractivity contribution in [1.29, 1.82) is 0 Å². The van der Waals surface area contributed by atoms with Crippen molar-refractivity contribution in [3.63, 3.8) is 0 Å². The van der Waals surface area contributed by atoms with Crippen molar-refractivity contribution in [3.8, 4) is 0 Å². The molecular formula is C29H23F5N4O3S. The molecule has 2 aliphatic rings. The Bertz CT molecular complexity index is 1740. The van der Waals surface area contributed by atoms with Crippen LogP contribution in [0.4, 0.5) is 27.6 Å². The van der Waals surface area contributed by atoms with Crippen LogP contribution in [0.5, 0.6) is 0 Å². The van der Waals surface area contributed by atoms with Crippen molar-refractivity contribution in [3.05, 3.63) is 113 Å². The highest BCUT2D eigenvalue weighted by molar-refractivity contribution is 7.89. The second-order valence-corrected chi connectivity index (χ2v) is 11.8. The highest BCUT2D eigenvalue weighted by Crippen LogP contribution is 2.47. The van der Waals surface area contributed by atoms with E-state index in [0.29, 0.717) is 40.7 Å². The summed E-state index contributed by atoms with van der Waals surface area (Å²) in [4.78, 5) is 22.1. The van der Waals surface area contributed by atoms with E-state index in [-0.39, 0.29) is 25.1 Å². The van der Waals surface area contributed by atoms with Crippen LogP contribution in [-0.4, -0.2) is 42.3 Å². The largest absolute Gasteiger partial charge is 0.419 e. The number of alkyl halides is 3. The van der Waals surface area contributed by atoms with Crippen LogP contribution in [0, 0.1) is 17.0 Å². The zero-order valence-corrected chi connectivity index (χ0v) is 22.6. The fourth-order valence-corrected chi connectivity index (χ4v) is 6.72. The van der Waals surface area contributed by atoms with Gasteiger partial charge in [0.15, 0.2) is 5.78 Å². The minimum atomic E-state index is -5.00. The Balaban J connectivity index is 1.59. The lowest BCUT2D eigenvalue weighted by Gasteiger charge is -2.45. The first-order valence-corrected chi connectivity index (χ1v) is 14.1. The van der Waals surface area contributed by atoms with Gasteiger partial charge < -0.3 is 5.73 Å². The number of pyridine rings is 1. The molecule has 218 valence electrons. The van der Waals surface area contributed by atoms with Crippen molar-refractivity contribution in [2.75, 3.05) is 13.1 Å². The van der Waals surface area contributed by atoms with Gasteiger partial charge in [-0.15, -0.1) is 0 Å². The smallest absolute Gasteiger partial charge is 0.404 e. The second-order valence-electron chi connectivity index (χ2n) is 9.87. The minimum absolute atomic E-state index is 0.0568. The molecule has 0 amide bonds. The third-order valence-corrected chi connectivity index (χ3v) is 9.16. The summed E-state index contributed by atoms with van der Waals surface area (Å²) in [7, 11) is -4.53. The summed E-state index contributed by atoms with van der Waals surface area (Å²) >= 11 is 0. The van der Waals surface area contributed by atoms with Gasteiger partial charge in [0.25, 0.3) is 0 Å². The summed E-state index contributed by atoms with van der Waals surface area (Å²) in [5, 5.41) is 0. The standard InChI is InChI=1S/C29H23F5N4O3S/c30-20-4-6-21(7-5-20)37-26-13-19-10-12-38(42(40,41)22-8-9-23(24(31)14-22)29(32,33)34)17-28(19,15-18(26)16-35)27(39)25-3-1-2-11-36-25/h1-9,11,13-14,16H,10,12,15,17,35H2/t28-/m0/s1. The summed E-state index contributed by atoms with van der Waals surface area (Å²) in [5.74, 6) is -2.67. The number of halogens is 5. The van der Waals surface area contributed by atoms with Crippen molar-refractivity contribution in [2.24, 2.45) is 16.1 Å². The van der Waals surface area contributed by atoms with Gasteiger partial charge in [-0.3, -0.25) is 9.78 Å². The molecule has 7 nitrogen and oxygen atoms in total. The first-order chi connectivity index (χ1) is 19.8. The number of ketones is 1. The van der Waals surface area contributed by atoms with E-state index in [1.807, 2.05) is 0 Å². The first-order valence-electron chi connectivity index (χ1n) is 12.6. The number of carbonyl (C=O) groups is 1. The molecular weight excluding hydrogens is 579 g/mol. The number of rotatable bonds is 5. The maximum Gasteiger partial charge on any atom is 0.419 e. The molecule has 1 fully saturated rings. The molecule has 3 aromatic rings. The Morgan fingerprint density at radius 2 is 1.81 bits per heavy atom. The number of benzene rings is 2. The van der Waals surface area contributed by atoms with Gasteiger partial charge in [-0.25, -0.2) is 22.2 Å². The lowest BCUT2D eigenvalue weighted by atomic mass is 9.64. The third-order valence-electron chi connectivity index (χ3n) is 7.32. The lowest BCUT2D eigenvalue weighted by molar-refractivity contribution is -0.140. The van der Waals surface area contributed by atoms with E-state index in [9.17, 15) is 35.2 Å². The van der Waals surface area contributed by atoms with Crippen LogP contribution in [0.3, 0.4) is 0 Å². The van der Waals surface area contributed by atoms with Crippen LogP contribution in [0.25, 0.3) is 0 Å². The number of aliphatic imine (C=N–C) groups is 1. The normalized spacial score (nSPS) is 21.7. The van der Waals surface area contributed by atoms with Crippen LogP contribution in [-0.2, 0) is 16.2 Å². The third kappa shape index (κ3) is 5.37. The number of hydrogen-bond acceptors (Lipinski definition) is 6. The van der Waals surface area contributed by atoms with E-state index in [0.717, 1.165) is 4.31 Å². The van der Waals surface area contributed by atoms with Crippen molar-refractivity contribution < 1.29 is 35.2 Å². The molecule has 0 bridgehead atoms. The number of piperidine rings is 1.